The fourth-order valence-corrected chi connectivity index (χ4v) is 1.17. The van der Waals surface area contributed by atoms with Crippen LogP contribution in [0.15, 0.2) is 60.7 Å². The first kappa shape index (κ1) is 13.4. The Balaban J connectivity index is 0.000000225. The molecule has 0 bridgehead atoms. The second-order valence-corrected chi connectivity index (χ2v) is 3.35. The summed E-state index contributed by atoms with van der Waals surface area (Å²) in [6.07, 6.45) is 0. The number of benzene rings is 2. The highest BCUT2D eigenvalue weighted by molar-refractivity contribution is 5.93. The van der Waals surface area contributed by atoms with Crippen LogP contribution in [-0.4, -0.2) is 22.2 Å². The lowest BCUT2D eigenvalue weighted by Gasteiger charge is -1.95. The molecule has 0 heterocycles. The van der Waals surface area contributed by atoms with E-state index in [4.69, 9.17) is 10.2 Å². The third kappa shape index (κ3) is 4.49. The van der Waals surface area contributed by atoms with Crippen LogP contribution in [0.5, 0.6) is 0 Å². The fraction of sp³-hybridized carbons (Fsp3) is 0. The van der Waals surface area contributed by atoms with Crippen LogP contribution in [0.3, 0.4) is 0 Å². The Morgan fingerprint density at radius 1 is 0.667 bits per heavy atom. The molecule has 2 rings (SSSR count). The summed E-state index contributed by atoms with van der Waals surface area (Å²) in [5.41, 5.74) is -0.0372. The summed E-state index contributed by atoms with van der Waals surface area (Å²) < 4.78 is 0. The van der Waals surface area contributed by atoms with Gasteiger partial charge >= 0.3 is 11.9 Å². The largest absolute Gasteiger partial charge is 0.478 e. The maximum Gasteiger partial charge on any atom is 0.335 e. The zero-order valence-electron chi connectivity index (χ0n) is 9.48. The Morgan fingerprint density at radius 3 is 1.28 bits per heavy atom. The molecule has 92 valence electrons. The van der Waals surface area contributed by atoms with Crippen LogP contribution in [-0.2, 0) is 0 Å². The molecule has 0 aliphatic heterocycles. The quantitative estimate of drug-likeness (QED) is 0.851. The minimum absolute atomic E-state index is 0.0186. The summed E-state index contributed by atoms with van der Waals surface area (Å²) in [4.78, 5) is 20.8. The van der Waals surface area contributed by atoms with Gasteiger partial charge in [-0.1, -0.05) is 42.5 Å². The molecule has 0 unspecified atom stereocenters. The first-order valence-corrected chi connectivity index (χ1v) is 5.18. The van der Waals surface area contributed by atoms with E-state index in [0.29, 0.717) is 0 Å². The summed E-state index contributed by atoms with van der Waals surface area (Å²) in [5, 5.41) is 17.0. The lowest BCUT2D eigenvalue weighted by atomic mass is 10.1. The lowest BCUT2D eigenvalue weighted by molar-refractivity contribution is 0.0696. The maximum absolute atomic E-state index is 10.4. The molecule has 0 saturated carbocycles. The average molecular weight is 244 g/mol. The zero-order valence-corrected chi connectivity index (χ0v) is 9.48. The van der Waals surface area contributed by atoms with Crippen LogP contribution in [0.1, 0.15) is 20.7 Å². The molecule has 0 aliphatic carbocycles. The minimum Gasteiger partial charge on any atom is -0.478 e. The normalized spacial score (nSPS) is 8.89. The van der Waals surface area contributed by atoms with Crippen molar-refractivity contribution in [2.75, 3.05) is 0 Å². The lowest BCUT2D eigenvalue weighted by Crippen LogP contribution is -2.01. The highest BCUT2D eigenvalue weighted by Gasteiger charge is 2.06. The van der Waals surface area contributed by atoms with Gasteiger partial charge in [-0.25, -0.2) is 9.59 Å². The summed E-state index contributed by atoms with van der Waals surface area (Å²) >= 11 is 0. The number of hydrogen-bond donors (Lipinski definition) is 2. The molecule has 0 fully saturated rings. The van der Waals surface area contributed by atoms with E-state index >= 15 is 0 Å². The van der Waals surface area contributed by atoms with Crippen molar-refractivity contribution < 1.29 is 19.8 Å². The number of carbonyl (C=O) groups is 2. The van der Waals surface area contributed by atoms with Gasteiger partial charge in [-0.05, 0) is 18.2 Å². The van der Waals surface area contributed by atoms with Gasteiger partial charge in [-0.3, -0.25) is 0 Å². The summed E-state index contributed by atoms with van der Waals surface area (Å²) in [5.74, 6) is -2.25. The van der Waals surface area contributed by atoms with Gasteiger partial charge in [0.15, 0.2) is 0 Å². The predicted molar refractivity (Wildman–Crippen MR) is 66.8 cm³/mol. The van der Waals surface area contributed by atoms with Crippen molar-refractivity contribution in [3.63, 3.8) is 0 Å². The Kier molecular flexibility index (Phi) is 5.12. The van der Waals surface area contributed by atoms with Crippen LogP contribution in [0.4, 0.5) is 0 Å². The van der Waals surface area contributed by atoms with Crippen LogP contribution in [0, 0.1) is 0 Å². The van der Waals surface area contributed by atoms with Gasteiger partial charge in [-0.2, -0.15) is 0 Å². The van der Waals surface area contributed by atoms with Crippen LogP contribution in [0.2, 0.25) is 0 Å². The van der Waals surface area contributed by atoms with Gasteiger partial charge in [0.25, 0.3) is 0 Å². The molecule has 4 heteroatoms. The van der Waals surface area contributed by atoms with E-state index < -0.39 is 11.9 Å². The van der Waals surface area contributed by atoms with Crippen molar-refractivity contribution in [3.8, 4) is 0 Å². The van der Waals surface area contributed by atoms with Gasteiger partial charge < -0.3 is 10.2 Å². The second kappa shape index (κ2) is 6.85. The van der Waals surface area contributed by atoms with E-state index in [0.717, 1.165) is 6.07 Å². The van der Waals surface area contributed by atoms with E-state index in [9.17, 15) is 9.59 Å². The Bertz CT molecular complexity index is 464. The first-order chi connectivity index (χ1) is 8.61. The van der Waals surface area contributed by atoms with Crippen molar-refractivity contribution in [2.24, 2.45) is 0 Å². The summed E-state index contributed by atoms with van der Waals surface area (Å²) in [7, 11) is 0. The third-order valence-electron chi connectivity index (χ3n) is 2.02. The molecule has 0 aromatic heterocycles. The summed E-state index contributed by atoms with van der Waals surface area (Å²) in [6, 6.07) is 17.2. The standard InChI is InChI=1S/C8H6O4.C6H6/c9-7(10)5-2-1-3-6(4-5)8(11)12;1-2-4-6-5-3-1/h1-4H,(H,9,10)(H,11,12);1-6H. The van der Waals surface area contributed by atoms with Crippen molar-refractivity contribution in [1.82, 2.24) is 0 Å². The van der Waals surface area contributed by atoms with Crippen LogP contribution < -0.4 is 0 Å². The highest BCUT2D eigenvalue weighted by atomic mass is 16.4. The third-order valence-corrected chi connectivity index (χ3v) is 2.02. The minimum atomic E-state index is -1.13. The zero-order chi connectivity index (χ0) is 13.4. The molecule has 0 radical (unpaired) electrons. The number of aromatic carboxylic acids is 2. The van der Waals surface area contributed by atoms with Crippen LogP contribution in [0.25, 0.3) is 0 Å². The predicted octanol–water partition coefficient (Wildman–Crippen LogP) is 2.77. The molecule has 18 heavy (non-hydrogen) atoms. The molecule has 2 N–H and O–H groups in total. The highest BCUT2D eigenvalue weighted by Crippen LogP contribution is 2.04. The molecular formula is C14H12O4. The maximum atomic E-state index is 10.4. The first-order valence-electron chi connectivity index (χ1n) is 5.18. The van der Waals surface area contributed by atoms with E-state index in [1.54, 1.807) is 0 Å². The number of carboxylic acids is 2. The number of carboxylic acid groups (broad SMARTS) is 2. The summed E-state index contributed by atoms with van der Waals surface area (Å²) in [6.45, 7) is 0. The van der Waals surface area contributed by atoms with Gasteiger partial charge in [0, 0.05) is 0 Å². The number of hydrogen-bond acceptors (Lipinski definition) is 2. The monoisotopic (exact) mass is 244 g/mol. The molecular weight excluding hydrogens is 232 g/mol. The van der Waals surface area contributed by atoms with E-state index in [1.807, 2.05) is 36.4 Å². The van der Waals surface area contributed by atoms with Crippen molar-refractivity contribution in [2.45, 2.75) is 0 Å². The van der Waals surface area contributed by atoms with E-state index in [-0.39, 0.29) is 11.1 Å². The van der Waals surface area contributed by atoms with Crippen molar-refractivity contribution in [3.05, 3.63) is 71.8 Å². The van der Waals surface area contributed by atoms with Gasteiger partial charge in [0.1, 0.15) is 0 Å². The van der Waals surface area contributed by atoms with Crippen molar-refractivity contribution >= 4 is 11.9 Å². The van der Waals surface area contributed by atoms with Crippen molar-refractivity contribution in [1.29, 1.82) is 0 Å². The van der Waals surface area contributed by atoms with Crippen LogP contribution >= 0.6 is 0 Å². The van der Waals surface area contributed by atoms with Gasteiger partial charge in [0.05, 0.1) is 11.1 Å². The van der Waals surface area contributed by atoms with E-state index in [1.165, 1.54) is 18.2 Å². The molecule has 2 aromatic rings. The van der Waals surface area contributed by atoms with Gasteiger partial charge in [0.2, 0.25) is 0 Å². The Hall–Kier alpha value is -2.62. The van der Waals surface area contributed by atoms with Gasteiger partial charge in [-0.15, -0.1) is 0 Å². The fourth-order valence-electron chi connectivity index (χ4n) is 1.17. The van der Waals surface area contributed by atoms with E-state index in [2.05, 4.69) is 0 Å². The molecule has 0 amide bonds. The molecule has 0 atom stereocenters. The molecule has 0 aliphatic rings. The number of rotatable bonds is 2. The average Bonchev–Trinajstić information content (AvgIpc) is 2.41. The molecule has 0 spiro atoms. The molecule has 4 nitrogen and oxygen atoms in total. The second-order valence-electron chi connectivity index (χ2n) is 3.35. The SMILES string of the molecule is O=C(O)c1cccc(C(=O)O)c1.c1ccccc1. The molecule has 0 saturated heterocycles. The smallest absolute Gasteiger partial charge is 0.335 e. The topological polar surface area (TPSA) is 74.6 Å². The Morgan fingerprint density at radius 2 is 1.00 bits per heavy atom. The molecule has 2 aromatic carbocycles. The Labute approximate surface area is 104 Å².